The van der Waals surface area contributed by atoms with Crippen molar-refractivity contribution in [2.75, 3.05) is 23.8 Å². The molecule has 0 aliphatic heterocycles. The Morgan fingerprint density at radius 2 is 2.00 bits per heavy atom. The Balaban J connectivity index is 1.35. The van der Waals surface area contributed by atoms with Crippen LogP contribution < -0.4 is 10.6 Å². The molecule has 0 bridgehead atoms. The fourth-order valence-electron chi connectivity index (χ4n) is 5.10. The van der Waals surface area contributed by atoms with Crippen molar-refractivity contribution >= 4 is 33.3 Å². The lowest BCUT2D eigenvalue weighted by Crippen LogP contribution is -2.25. The molecule has 7 nitrogen and oxygen atoms in total. The van der Waals surface area contributed by atoms with Gasteiger partial charge in [0.05, 0.1) is 21.7 Å². The van der Waals surface area contributed by atoms with Crippen LogP contribution in [0.3, 0.4) is 0 Å². The maximum Gasteiger partial charge on any atom is 0.225 e. The Hall–Kier alpha value is -2.32. The summed E-state index contributed by atoms with van der Waals surface area (Å²) in [5.74, 6) is 3.20. The molecule has 0 amide bonds. The maximum absolute atomic E-state index is 9.62. The molecule has 180 valence electrons. The van der Waals surface area contributed by atoms with Crippen LogP contribution in [0.15, 0.2) is 12.3 Å². The summed E-state index contributed by atoms with van der Waals surface area (Å²) in [4.78, 5) is 19.6. The highest BCUT2D eigenvalue weighted by atomic mass is 32.1. The average molecular weight is 479 g/mol. The van der Waals surface area contributed by atoms with Gasteiger partial charge < -0.3 is 15.7 Å². The van der Waals surface area contributed by atoms with Crippen LogP contribution in [0.2, 0.25) is 0 Å². The molecule has 3 aromatic rings. The summed E-state index contributed by atoms with van der Waals surface area (Å²) in [5.41, 5.74) is 4.33. The molecule has 3 aliphatic carbocycles. The van der Waals surface area contributed by atoms with Crippen LogP contribution in [-0.4, -0.2) is 43.7 Å². The van der Waals surface area contributed by atoms with Crippen molar-refractivity contribution in [3.63, 3.8) is 0 Å². The van der Waals surface area contributed by atoms with Crippen molar-refractivity contribution in [2.45, 2.75) is 76.7 Å². The number of pyridine rings is 1. The lowest BCUT2D eigenvalue weighted by Gasteiger charge is -2.20. The number of nitrogens with one attached hydrogen (secondary N) is 2. The van der Waals surface area contributed by atoms with Gasteiger partial charge in [-0.2, -0.15) is 4.98 Å². The second kappa shape index (κ2) is 8.72. The normalized spacial score (nSPS) is 19.9. The molecule has 34 heavy (non-hydrogen) atoms. The number of fused-ring (bicyclic) bond motifs is 1. The number of rotatable bonds is 11. The van der Waals surface area contributed by atoms with E-state index >= 15 is 0 Å². The summed E-state index contributed by atoms with van der Waals surface area (Å²) in [6, 6.07) is 2.07. The van der Waals surface area contributed by atoms with Gasteiger partial charge in [-0.3, -0.25) is 4.98 Å². The molecule has 3 fully saturated rings. The number of aryl methyl sites for hydroxylation is 1. The Labute approximate surface area is 204 Å². The number of aliphatic hydroxyl groups is 1. The first-order valence-electron chi connectivity index (χ1n) is 12.9. The lowest BCUT2D eigenvalue weighted by atomic mass is 10.0. The van der Waals surface area contributed by atoms with Gasteiger partial charge >= 0.3 is 0 Å². The van der Waals surface area contributed by atoms with Gasteiger partial charge in [0.2, 0.25) is 5.95 Å². The van der Waals surface area contributed by atoms with Crippen LogP contribution in [0, 0.1) is 18.8 Å². The molecule has 3 saturated carbocycles. The van der Waals surface area contributed by atoms with Crippen LogP contribution in [-0.2, 0) is 0 Å². The molecule has 1 atom stereocenters. The van der Waals surface area contributed by atoms with E-state index in [1.54, 1.807) is 11.3 Å². The molecule has 3 aliphatic rings. The van der Waals surface area contributed by atoms with E-state index in [1.165, 1.54) is 43.2 Å². The third-order valence-corrected chi connectivity index (χ3v) is 8.83. The molecule has 0 radical (unpaired) electrons. The van der Waals surface area contributed by atoms with E-state index in [4.69, 9.17) is 15.0 Å². The van der Waals surface area contributed by atoms with Crippen molar-refractivity contribution in [3.8, 4) is 10.6 Å². The van der Waals surface area contributed by atoms with E-state index in [0.29, 0.717) is 11.8 Å². The van der Waals surface area contributed by atoms with Crippen molar-refractivity contribution < 1.29 is 5.11 Å². The van der Waals surface area contributed by atoms with Crippen LogP contribution in [0.25, 0.3) is 20.8 Å². The number of aliphatic hydroxyl groups excluding tert-OH is 1. The third-order valence-electron chi connectivity index (χ3n) is 7.79. The van der Waals surface area contributed by atoms with Crippen LogP contribution in [0.1, 0.15) is 75.6 Å². The van der Waals surface area contributed by atoms with E-state index in [9.17, 15) is 5.11 Å². The van der Waals surface area contributed by atoms with Crippen molar-refractivity contribution in [3.05, 3.63) is 23.7 Å². The molecule has 3 heterocycles. The topological polar surface area (TPSA) is 95.8 Å². The number of aromatic nitrogens is 4. The molecular weight excluding hydrogens is 444 g/mol. The summed E-state index contributed by atoms with van der Waals surface area (Å²) >= 11 is 1.70. The monoisotopic (exact) mass is 478 g/mol. The van der Waals surface area contributed by atoms with Crippen LogP contribution >= 0.6 is 11.3 Å². The molecular formula is C26H34N6OS. The Bertz CT molecular complexity index is 1190. The van der Waals surface area contributed by atoms with Crippen LogP contribution in [0.4, 0.5) is 11.8 Å². The standard InChI is InChI=1S/C26H34N6OS/c1-3-16(14-33)8-12-28-23-20(15(2)29-25(31-23)32-26(10-11-26)18-6-7-18)24-30-22-19(34-24)9-13-27-21(22)17-4-5-17/h9,13,16-18,33H,3-8,10-12,14H2,1-2H3,(H2,28,29,31,32). The minimum absolute atomic E-state index is 0.218. The van der Waals surface area contributed by atoms with Gasteiger partial charge in [0.25, 0.3) is 0 Å². The predicted molar refractivity (Wildman–Crippen MR) is 137 cm³/mol. The fourth-order valence-corrected chi connectivity index (χ4v) is 6.17. The van der Waals surface area contributed by atoms with Crippen molar-refractivity contribution in [1.29, 1.82) is 0 Å². The van der Waals surface area contributed by atoms with Gasteiger partial charge in [0, 0.05) is 30.8 Å². The van der Waals surface area contributed by atoms with E-state index in [-0.39, 0.29) is 12.1 Å². The predicted octanol–water partition coefficient (Wildman–Crippen LogP) is 5.51. The summed E-state index contributed by atoms with van der Waals surface area (Å²) in [7, 11) is 0. The van der Waals surface area contributed by atoms with Gasteiger partial charge in [-0.15, -0.1) is 11.3 Å². The zero-order valence-corrected chi connectivity index (χ0v) is 20.9. The maximum atomic E-state index is 9.62. The van der Waals surface area contributed by atoms with E-state index in [0.717, 1.165) is 64.5 Å². The van der Waals surface area contributed by atoms with Crippen molar-refractivity contribution in [1.82, 2.24) is 19.9 Å². The summed E-state index contributed by atoms with van der Waals surface area (Å²) in [5, 5.41) is 17.9. The minimum atomic E-state index is 0.218. The second-order valence-electron chi connectivity index (χ2n) is 10.4. The fraction of sp³-hybridized carbons (Fsp3) is 0.615. The molecule has 8 heteroatoms. The molecule has 0 saturated heterocycles. The highest BCUT2D eigenvalue weighted by Crippen LogP contribution is 2.55. The first kappa shape index (κ1) is 22.2. The van der Waals surface area contributed by atoms with E-state index in [1.807, 2.05) is 6.20 Å². The molecule has 1 unspecified atom stereocenters. The minimum Gasteiger partial charge on any atom is -0.396 e. The average Bonchev–Trinajstić information content (AvgIpc) is 3.68. The van der Waals surface area contributed by atoms with Crippen molar-refractivity contribution in [2.24, 2.45) is 11.8 Å². The van der Waals surface area contributed by atoms with E-state index < -0.39 is 0 Å². The number of anilines is 2. The SMILES string of the molecule is CCC(CO)CCNc1nc(NC2(C3CC3)CC2)nc(C)c1-c1nc2c(C3CC3)nccc2s1. The molecule has 3 N–H and O–H groups in total. The van der Waals surface area contributed by atoms with E-state index in [2.05, 4.69) is 35.5 Å². The van der Waals surface area contributed by atoms with Crippen LogP contribution in [0.5, 0.6) is 0 Å². The van der Waals surface area contributed by atoms with Gasteiger partial charge in [-0.1, -0.05) is 13.3 Å². The third kappa shape index (κ3) is 4.26. The van der Waals surface area contributed by atoms with Gasteiger partial charge in [-0.05, 0) is 69.8 Å². The molecule has 0 aromatic carbocycles. The largest absolute Gasteiger partial charge is 0.396 e. The Kier molecular flexibility index (Phi) is 5.68. The Morgan fingerprint density at radius 3 is 2.68 bits per heavy atom. The summed E-state index contributed by atoms with van der Waals surface area (Å²) in [6.07, 6.45) is 11.3. The molecule has 6 rings (SSSR count). The zero-order chi connectivity index (χ0) is 23.3. The smallest absolute Gasteiger partial charge is 0.225 e. The summed E-state index contributed by atoms with van der Waals surface area (Å²) < 4.78 is 1.18. The first-order chi connectivity index (χ1) is 16.6. The number of hydrogen-bond donors (Lipinski definition) is 3. The summed E-state index contributed by atoms with van der Waals surface area (Å²) in [6.45, 7) is 5.18. The second-order valence-corrected chi connectivity index (χ2v) is 11.5. The number of nitrogens with zero attached hydrogens (tertiary/aromatic N) is 4. The van der Waals surface area contributed by atoms with Gasteiger partial charge in [-0.25, -0.2) is 9.97 Å². The highest BCUT2D eigenvalue weighted by Gasteiger charge is 2.54. The molecule has 0 spiro atoms. The highest BCUT2D eigenvalue weighted by molar-refractivity contribution is 7.21. The van der Waals surface area contributed by atoms with Gasteiger partial charge in [0.1, 0.15) is 16.3 Å². The first-order valence-corrected chi connectivity index (χ1v) is 13.7. The zero-order valence-electron chi connectivity index (χ0n) is 20.1. The number of thiazole rings is 1. The number of hydrogen-bond acceptors (Lipinski definition) is 8. The van der Waals surface area contributed by atoms with Gasteiger partial charge in [0.15, 0.2) is 0 Å². The Morgan fingerprint density at radius 1 is 1.18 bits per heavy atom. The molecule has 3 aromatic heterocycles. The lowest BCUT2D eigenvalue weighted by molar-refractivity contribution is 0.217. The quantitative estimate of drug-likeness (QED) is 0.334.